The normalized spacial score (nSPS) is 14.0. The van der Waals surface area contributed by atoms with Gasteiger partial charge in [-0.3, -0.25) is 5.32 Å². The van der Waals surface area contributed by atoms with Crippen LogP contribution in [0.25, 0.3) is 0 Å². The summed E-state index contributed by atoms with van der Waals surface area (Å²) in [5.41, 5.74) is 1.21. The zero-order valence-corrected chi connectivity index (χ0v) is 12.5. The summed E-state index contributed by atoms with van der Waals surface area (Å²) in [4.78, 5) is 4.25. The van der Waals surface area contributed by atoms with E-state index in [0.29, 0.717) is 6.61 Å². The molecule has 4 heteroatoms. The Morgan fingerprint density at radius 1 is 1.20 bits per heavy atom. The van der Waals surface area contributed by atoms with Crippen molar-refractivity contribution < 1.29 is 9.15 Å². The second-order valence-corrected chi connectivity index (χ2v) is 4.92. The van der Waals surface area contributed by atoms with Gasteiger partial charge in [-0.25, -0.2) is 4.98 Å². The lowest BCUT2D eigenvalue weighted by atomic mass is 10.1. The first kappa shape index (κ1) is 14.6. The summed E-state index contributed by atoms with van der Waals surface area (Å²) in [6.07, 6.45) is 1.75. The van der Waals surface area contributed by atoms with Crippen LogP contribution in [-0.2, 0) is 0 Å². The Bertz CT molecular complexity index is 534. The van der Waals surface area contributed by atoms with Crippen LogP contribution in [0.3, 0.4) is 0 Å². The number of nitrogens with one attached hydrogen (secondary N) is 1. The zero-order chi connectivity index (χ0) is 14.5. The fourth-order valence-electron chi connectivity index (χ4n) is 2.13. The third kappa shape index (κ3) is 3.61. The lowest BCUT2D eigenvalue weighted by Crippen LogP contribution is -2.22. The van der Waals surface area contributed by atoms with Gasteiger partial charge in [0.2, 0.25) is 5.89 Å². The Hall–Kier alpha value is -1.81. The topological polar surface area (TPSA) is 47.3 Å². The molecule has 2 aromatic rings. The molecule has 0 saturated carbocycles. The van der Waals surface area contributed by atoms with Gasteiger partial charge in [0.1, 0.15) is 11.5 Å². The molecule has 2 unspecified atom stereocenters. The van der Waals surface area contributed by atoms with Crippen molar-refractivity contribution in [3.05, 3.63) is 47.7 Å². The molecule has 1 aromatic heterocycles. The van der Waals surface area contributed by atoms with Crippen LogP contribution < -0.4 is 10.1 Å². The van der Waals surface area contributed by atoms with Crippen LogP contribution in [-0.4, -0.2) is 11.6 Å². The average molecular weight is 274 g/mol. The summed E-state index contributed by atoms with van der Waals surface area (Å²) in [7, 11) is 0. The summed E-state index contributed by atoms with van der Waals surface area (Å²) in [5, 5.41) is 3.48. The van der Waals surface area contributed by atoms with Crippen LogP contribution >= 0.6 is 0 Å². The molecule has 1 aromatic carbocycles. The molecule has 0 spiro atoms. The monoisotopic (exact) mass is 274 g/mol. The predicted molar refractivity (Wildman–Crippen MR) is 78.8 cm³/mol. The van der Waals surface area contributed by atoms with E-state index in [1.54, 1.807) is 6.20 Å². The van der Waals surface area contributed by atoms with Crippen molar-refractivity contribution in [2.24, 2.45) is 0 Å². The summed E-state index contributed by atoms with van der Waals surface area (Å²) in [6, 6.07) is 8.44. The third-order valence-corrected chi connectivity index (χ3v) is 3.20. The summed E-state index contributed by atoms with van der Waals surface area (Å²) < 4.78 is 11.0. The third-order valence-electron chi connectivity index (χ3n) is 3.20. The van der Waals surface area contributed by atoms with Gasteiger partial charge in [-0.05, 0) is 45.4 Å². The molecule has 0 saturated heterocycles. The van der Waals surface area contributed by atoms with Crippen molar-refractivity contribution in [2.75, 3.05) is 6.61 Å². The van der Waals surface area contributed by atoms with Crippen LogP contribution in [0.2, 0.25) is 0 Å². The number of aryl methyl sites for hydroxylation is 1. The van der Waals surface area contributed by atoms with Crippen molar-refractivity contribution >= 4 is 0 Å². The number of ether oxygens (including phenoxy) is 1. The second-order valence-electron chi connectivity index (χ2n) is 4.92. The first-order chi connectivity index (χ1) is 9.60. The molecular weight excluding hydrogens is 252 g/mol. The highest BCUT2D eigenvalue weighted by molar-refractivity contribution is 5.29. The van der Waals surface area contributed by atoms with E-state index < -0.39 is 0 Å². The molecule has 108 valence electrons. The Balaban J connectivity index is 1.98. The van der Waals surface area contributed by atoms with Crippen molar-refractivity contribution in [3.8, 4) is 5.75 Å². The molecule has 0 radical (unpaired) electrons. The van der Waals surface area contributed by atoms with E-state index in [1.807, 2.05) is 26.0 Å². The maximum atomic E-state index is 5.54. The van der Waals surface area contributed by atoms with Crippen LogP contribution in [0.1, 0.15) is 50.1 Å². The minimum Gasteiger partial charge on any atom is -0.494 e. The van der Waals surface area contributed by atoms with Crippen molar-refractivity contribution in [3.63, 3.8) is 0 Å². The van der Waals surface area contributed by atoms with E-state index in [9.17, 15) is 0 Å². The number of hydrogen-bond acceptors (Lipinski definition) is 4. The van der Waals surface area contributed by atoms with E-state index >= 15 is 0 Å². The smallest absolute Gasteiger partial charge is 0.211 e. The highest BCUT2D eigenvalue weighted by atomic mass is 16.5. The Labute approximate surface area is 120 Å². The summed E-state index contributed by atoms with van der Waals surface area (Å²) in [6.45, 7) is 8.75. The number of aromatic nitrogens is 1. The fourth-order valence-corrected chi connectivity index (χ4v) is 2.13. The van der Waals surface area contributed by atoms with Gasteiger partial charge in [-0.2, -0.15) is 0 Å². The minimum absolute atomic E-state index is 0.0743. The van der Waals surface area contributed by atoms with E-state index in [0.717, 1.165) is 17.4 Å². The van der Waals surface area contributed by atoms with Crippen LogP contribution in [0, 0.1) is 6.92 Å². The van der Waals surface area contributed by atoms with Crippen LogP contribution in [0.15, 0.2) is 34.9 Å². The molecule has 2 rings (SSSR count). The van der Waals surface area contributed by atoms with Gasteiger partial charge in [0.25, 0.3) is 0 Å². The molecule has 0 aliphatic rings. The quantitative estimate of drug-likeness (QED) is 0.870. The Morgan fingerprint density at radius 2 is 1.90 bits per heavy atom. The van der Waals surface area contributed by atoms with E-state index in [2.05, 4.69) is 36.3 Å². The van der Waals surface area contributed by atoms with Crippen molar-refractivity contribution in [2.45, 2.75) is 39.8 Å². The van der Waals surface area contributed by atoms with Crippen LogP contribution in [0.4, 0.5) is 0 Å². The second kappa shape index (κ2) is 6.57. The van der Waals surface area contributed by atoms with Gasteiger partial charge < -0.3 is 9.15 Å². The molecule has 0 aliphatic carbocycles. The largest absolute Gasteiger partial charge is 0.494 e. The van der Waals surface area contributed by atoms with E-state index in [-0.39, 0.29) is 12.1 Å². The number of hydrogen-bond donors (Lipinski definition) is 1. The van der Waals surface area contributed by atoms with Gasteiger partial charge >= 0.3 is 0 Å². The maximum Gasteiger partial charge on any atom is 0.211 e. The minimum atomic E-state index is 0.0743. The first-order valence-corrected chi connectivity index (χ1v) is 7.01. The molecule has 1 heterocycles. The fraction of sp³-hybridized carbons (Fsp3) is 0.438. The molecule has 0 amide bonds. The lowest BCUT2D eigenvalue weighted by molar-refractivity contribution is 0.340. The number of rotatable bonds is 6. The van der Waals surface area contributed by atoms with Crippen molar-refractivity contribution in [1.82, 2.24) is 10.3 Å². The molecule has 0 fully saturated rings. The number of oxazole rings is 1. The average Bonchev–Trinajstić information content (AvgIpc) is 2.86. The highest BCUT2D eigenvalue weighted by Crippen LogP contribution is 2.21. The van der Waals surface area contributed by atoms with E-state index in [4.69, 9.17) is 9.15 Å². The maximum absolute atomic E-state index is 5.54. The first-order valence-electron chi connectivity index (χ1n) is 7.01. The lowest BCUT2D eigenvalue weighted by Gasteiger charge is -2.18. The Kier molecular flexibility index (Phi) is 4.79. The van der Waals surface area contributed by atoms with Gasteiger partial charge in [0.05, 0.1) is 18.8 Å². The summed E-state index contributed by atoms with van der Waals surface area (Å²) in [5.74, 6) is 2.46. The molecule has 20 heavy (non-hydrogen) atoms. The molecule has 2 atom stereocenters. The molecule has 1 N–H and O–H groups in total. The van der Waals surface area contributed by atoms with Crippen LogP contribution in [0.5, 0.6) is 5.75 Å². The van der Waals surface area contributed by atoms with Gasteiger partial charge in [-0.15, -0.1) is 0 Å². The molecule has 0 bridgehead atoms. The van der Waals surface area contributed by atoms with E-state index in [1.165, 1.54) is 5.56 Å². The SMILES string of the molecule is CCOc1ccc(C(C)NC(C)c2ncc(C)o2)cc1. The molecular formula is C16H22N2O2. The van der Waals surface area contributed by atoms with Gasteiger partial charge in [0.15, 0.2) is 0 Å². The summed E-state index contributed by atoms with van der Waals surface area (Å²) >= 11 is 0. The standard InChI is InChI=1S/C16H22N2O2/c1-5-19-15-8-6-14(7-9-15)12(3)18-13(4)16-17-10-11(2)20-16/h6-10,12-13,18H,5H2,1-4H3. The Morgan fingerprint density at radius 3 is 2.45 bits per heavy atom. The molecule has 4 nitrogen and oxygen atoms in total. The predicted octanol–water partition coefficient (Wildman–Crippen LogP) is 3.79. The molecule has 0 aliphatic heterocycles. The van der Waals surface area contributed by atoms with Crippen molar-refractivity contribution in [1.29, 1.82) is 0 Å². The van der Waals surface area contributed by atoms with Gasteiger partial charge in [0, 0.05) is 6.04 Å². The highest BCUT2D eigenvalue weighted by Gasteiger charge is 2.15. The zero-order valence-electron chi connectivity index (χ0n) is 12.5. The van der Waals surface area contributed by atoms with Gasteiger partial charge in [-0.1, -0.05) is 12.1 Å². The number of benzene rings is 1. The number of nitrogens with zero attached hydrogens (tertiary/aromatic N) is 1.